The van der Waals surface area contributed by atoms with Crippen molar-refractivity contribution < 1.29 is 22.8 Å². The molecule has 4 nitrogen and oxygen atoms in total. The minimum absolute atomic E-state index is 0.167. The molecule has 1 N–H and O–H groups in total. The molecule has 1 saturated heterocycles. The highest BCUT2D eigenvalue weighted by atomic mass is 32.2. The number of hydrogen-bond donors (Lipinski definition) is 1. The molecule has 0 radical (unpaired) electrons. The summed E-state index contributed by atoms with van der Waals surface area (Å²) in [6.07, 6.45) is -1.05. The van der Waals surface area contributed by atoms with Crippen LogP contribution in [0.3, 0.4) is 0 Å². The monoisotopic (exact) mass is 476 g/mol. The number of benzene rings is 2. The van der Waals surface area contributed by atoms with Crippen LogP contribution in [0.25, 0.3) is 6.08 Å². The standard InChI is InChI=1S/C23H19F3N2O2S2/c1-14(12-16-8-4-3-5-9-16)13-19-21(30)28(22(31)32-19)15(2)20(29)27-18-11-7-6-10-17(18)23(24,25)26/h3-13,15H,1-2H3,(H,27,29)/b14-12+,19-13-. The zero-order valence-electron chi connectivity index (χ0n) is 17.1. The Morgan fingerprint density at radius 2 is 1.75 bits per heavy atom. The third-order valence-corrected chi connectivity index (χ3v) is 5.96. The number of alkyl halides is 3. The summed E-state index contributed by atoms with van der Waals surface area (Å²) >= 11 is 6.32. The van der Waals surface area contributed by atoms with Crippen molar-refractivity contribution in [2.75, 3.05) is 5.32 Å². The van der Waals surface area contributed by atoms with E-state index in [1.54, 1.807) is 6.08 Å². The maximum atomic E-state index is 13.2. The van der Waals surface area contributed by atoms with Gasteiger partial charge in [-0.2, -0.15) is 13.2 Å². The highest BCUT2D eigenvalue weighted by molar-refractivity contribution is 8.26. The molecule has 0 aromatic heterocycles. The van der Waals surface area contributed by atoms with Gasteiger partial charge in [-0.3, -0.25) is 14.5 Å². The van der Waals surface area contributed by atoms with E-state index in [0.717, 1.165) is 39.9 Å². The molecule has 1 atom stereocenters. The van der Waals surface area contributed by atoms with Crippen LogP contribution in [0.15, 0.2) is 71.2 Å². The number of carbonyl (C=O) groups excluding carboxylic acids is 2. The van der Waals surface area contributed by atoms with Crippen LogP contribution in [-0.4, -0.2) is 27.1 Å². The first-order valence-corrected chi connectivity index (χ1v) is 10.8. The molecule has 2 aromatic rings. The van der Waals surface area contributed by atoms with Crippen molar-refractivity contribution in [3.63, 3.8) is 0 Å². The number of rotatable bonds is 5. The molecule has 1 aliphatic heterocycles. The van der Waals surface area contributed by atoms with E-state index >= 15 is 0 Å². The van der Waals surface area contributed by atoms with Gasteiger partial charge in [-0.1, -0.05) is 72.5 Å². The molecule has 0 spiro atoms. The van der Waals surface area contributed by atoms with Crippen LogP contribution in [0.1, 0.15) is 25.0 Å². The Labute approximate surface area is 193 Å². The minimum Gasteiger partial charge on any atom is -0.324 e. The van der Waals surface area contributed by atoms with Crippen LogP contribution >= 0.6 is 24.0 Å². The average Bonchev–Trinajstić information content (AvgIpc) is 3.00. The van der Waals surface area contributed by atoms with Crippen molar-refractivity contribution in [1.29, 1.82) is 0 Å². The lowest BCUT2D eigenvalue weighted by molar-refractivity contribution is -0.137. The molecule has 1 fully saturated rings. The SMILES string of the molecule is CC(/C=C1\SC(=S)N(C(C)C(=O)Nc2ccccc2C(F)(F)F)C1=O)=C\c1ccccc1. The molecule has 1 unspecified atom stereocenters. The Morgan fingerprint density at radius 1 is 1.12 bits per heavy atom. The van der Waals surface area contributed by atoms with Crippen molar-refractivity contribution in [2.24, 2.45) is 0 Å². The summed E-state index contributed by atoms with van der Waals surface area (Å²) in [6.45, 7) is 3.26. The summed E-state index contributed by atoms with van der Waals surface area (Å²) in [5, 5.41) is 2.27. The number of thiocarbonyl (C=S) groups is 1. The number of halogens is 3. The molecule has 0 aliphatic carbocycles. The number of hydrogen-bond acceptors (Lipinski definition) is 4. The zero-order valence-corrected chi connectivity index (χ0v) is 18.8. The normalized spacial score (nSPS) is 17.1. The topological polar surface area (TPSA) is 49.4 Å². The Morgan fingerprint density at radius 3 is 2.41 bits per heavy atom. The van der Waals surface area contributed by atoms with Crippen molar-refractivity contribution >= 4 is 51.9 Å². The predicted octanol–water partition coefficient (Wildman–Crippen LogP) is 5.88. The highest BCUT2D eigenvalue weighted by Gasteiger charge is 2.39. The second kappa shape index (κ2) is 9.70. The molecular weight excluding hydrogens is 457 g/mol. The first-order valence-electron chi connectivity index (χ1n) is 9.55. The van der Waals surface area contributed by atoms with Crippen LogP contribution in [0.4, 0.5) is 18.9 Å². The van der Waals surface area contributed by atoms with Gasteiger partial charge in [0.15, 0.2) is 0 Å². The molecule has 1 aliphatic rings. The molecule has 2 aromatic carbocycles. The second-order valence-corrected chi connectivity index (χ2v) is 8.74. The molecule has 0 saturated carbocycles. The molecule has 32 heavy (non-hydrogen) atoms. The molecule has 166 valence electrons. The van der Waals surface area contributed by atoms with Gasteiger partial charge in [-0.15, -0.1) is 0 Å². The van der Waals surface area contributed by atoms with E-state index in [0.29, 0.717) is 4.91 Å². The fourth-order valence-corrected chi connectivity index (χ4v) is 4.54. The van der Waals surface area contributed by atoms with E-state index in [9.17, 15) is 22.8 Å². The Kier molecular flexibility index (Phi) is 7.20. The number of thioether (sulfide) groups is 1. The summed E-state index contributed by atoms with van der Waals surface area (Å²) < 4.78 is 39.8. The maximum Gasteiger partial charge on any atom is 0.418 e. The van der Waals surface area contributed by atoms with E-state index in [1.165, 1.54) is 19.1 Å². The molecule has 3 rings (SSSR count). The number of amides is 2. The molecule has 2 amide bonds. The van der Waals surface area contributed by atoms with Gasteiger partial charge in [0.25, 0.3) is 5.91 Å². The third-order valence-electron chi connectivity index (χ3n) is 4.63. The lowest BCUT2D eigenvalue weighted by Gasteiger charge is -2.23. The van der Waals surface area contributed by atoms with Gasteiger partial charge in [0.2, 0.25) is 5.91 Å². The summed E-state index contributed by atoms with van der Waals surface area (Å²) in [5.74, 6) is -1.23. The van der Waals surface area contributed by atoms with E-state index in [2.05, 4.69) is 5.32 Å². The highest BCUT2D eigenvalue weighted by Crippen LogP contribution is 2.36. The number of allylic oxidation sites excluding steroid dienone is 2. The van der Waals surface area contributed by atoms with Gasteiger partial charge >= 0.3 is 6.18 Å². The molecule has 9 heteroatoms. The van der Waals surface area contributed by atoms with Gasteiger partial charge in [0.1, 0.15) is 10.4 Å². The number of nitrogens with one attached hydrogen (secondary N) is 1. The van der Waals surface area contributed by atoms with Gasteiger partial charge < -0.3 is 5.32 Å². The fourth-order valence-electron chi connectivity index (χ4n) is 3.07. The van der Waals surface area contributed by atoms with E-state index in [1.807, 2.05) is 43.3 Å². The summed E-state index contributed by atoms with van der Waals surface area (Å²) in [4.78, 5) is 27.0. The van der Waals surface area contributed by atoms with E-state index < -0.39 is 29.6 Å². The average molecular weight is 477 g/mol. The quantitative estimate of drug-likeness (QED) is 0.433. The lowest BCUT2D eigenvalue weighted by atomic mass is 10.1. The van der Waals surface area contributed by atoms with Gasteiger partial charge in [-0.25, -0.2) is 0 Å². The number of anilines is 1. The predicted molar refractivity (Wildman–Crippen MR) is 125 cm³/mol. The molecular formula is C23H19F3N2O2S2. The van der Waals surface area contributed by atoms with Crippen LogP contribution in [-0.2, 0) is 15.8 Å². The van der Waals surface area contributed by atoms with E-state index in [4.69, 9.17) is 12.2 Å². The van der Waals surface area contributed by atoms with Crippen LogP contribution in [0, 0.1) is 0 Å². The molecule has 1 heterocycles. The maximum absolute atomic E-state index is 13.2. The number of carbonyl (C=O) groups is 2. The van der Waals surface area contributed by atoms with Gasteiger partial charge in [-0.05, 0) is 43.2 Å². The Balaban J connectivity index is 1.77. The van der Waals surface area contributed by atoms with Crippen LogP contribution < -0.4 is 5.32 Å². The zero-order chi connectivity index (χ0) is 23.5. The van der Waals surface area contributed by atoms with E-state index in [-0.39, 0.29) is 10.0 Å². The van der Waals surface area contributed by atoms with Crippen molar-refractivity contribution in [2.45, 2.75) is 26.1 Å². The van der Waals surface area contributed by atoms with Crippen LogP contribution in [0.2, 0.25) is 0 Å². The first-order chi connectivity index (χ1) is 15.1. The summed E-state index contributed by atoms with van der Waals surface area (Å²) in [6, 6.07) is 13.1. The first kappa shape index (κ1) is 23.7. The molecule has 0 bridgehead atoms. The van der Waals surface area contributed by atoms with Gasteiger partial charge in [0.05, 0.1) is 16.2 Å². The summed E-state index contributed by atoms with van der Waals surface area (Å²) in [7, 11) is 0. The van der Waals surface area contributed by atoms with Crippen molar-refractivity contribution in [1.82, 2.24) is 4.90 Å². The Hall–Kier alpha value is -2.91. The Bertz CT molecular complexity index is 1110. The van der Waals surface area contributed by atoms with Crippen LogP contribution in [0.5, 0.6) is 0 Å². The second-order valence-electron chi connectivity index (χ2n) is 7.06. The third kappa shape index (κ3) is 5.46. The largest absolute Gasteiger partial charge is 0.418 e. The summed E-state index contributed by atoms with van der Waals surface area (Å²) in [5.41, 5.74) is 0.438. The van der Waals surface area contributed by atoms with Crippen molar-refractivity contribution in [3.8, 4) is 0 Å². The smallest absolute Gasteiger partial charge is 0.324 e. The number of nitrogens with zero attached hydrogens (tertiary/aromatic N) is 1. The lowest BCUT2D eigenvalue weighted by Crippen LogP contribution is -2.44. The van der Waals surface area contributed by atoms with Gasteiger partial charge in [0, 0.05) is 0 Å². The fraction of sp³-hybridized carbons (Fsp3) is 0.174. The minimum atomic E-state index is -4.62. The number of para-hydroxylation sites is 1. The van der Waals surface area contributed by atoms with Crippen molar-refractivity contribution in [3.05, 3.63) is 82.3 Å².